The first-order valence-electron chi connectivity index (χ1n) is 6.39. The fraction of sp³-hybridized carbons (Fsp3) is 0.429. The highest BCUT2D eigenvalue weighted by Crippen LogP contribution is 2.15. The van der Waals surface area contributed by atoms with E-state index in [9.17, 15) is 0 Å². The van der Waals surface area contributed by atoms with E-state index in [1.54, 1.807) is 0 Å². The molecule has 0 saturated carbocycles. The highest BCUT2D eigenvalue weighted by atomic mass is 15.1. The normalized spacial score (nSPS) is 12.9. The number of nitrogens with zero attached hydrogens (tertiary/aromatic N) is 2. The highest BCUT2D eigenvalue weighted by molar-refractivity contribution is 5.78. The summed E-state index contributed by atoms with van der Waals surface area (Å²) in [6, 6.07) is 8.30. The molecule has 0 fully saturated rings. The van der Waals surface area contributed by atoms with Crippen LogP contribution in [0.2, 0.25) is 0 Å². The molecular formula is C14H20N4. The van der Waals surface area contributed by atoms with Crippen molar-refractivity contribution in [3.05, 3.63) is 30.5 Å². The first-order valence-corrected chi connectivity index (χ1v) is 6.39. The Kier molecular flexibility index (Phi) is 4.10. The van der Waals surface area contributed by atoms with Crippen LogP contribution in [0.25, 0.3) is 10.9 Å². The summed E-state index contributed by atoms with van der Waals surface area (Å²) in [6.07, 6.45) is 2.78. The largest absolute Gasteiger partial charge is 0.351 e. The molecule has 0 aliphatic carbocycles. The van der Waals surface area contributed by atoms with Crippen molar-refractivity contribution >= 4 is 16.9 Å². The van der Waals surface area contributed by atoms with Gasteiger partial charge in [0.1, 0.15) is 0 Å². The van der Waals surface area contributed by atoms with E-state index in [1.165, 1.54) is 0 Å². The topological polar surface area (TPSA) is 63.8 Å². The molecular weight excluding hydrogens is 224 g/mol. The second-order valence-corrected chi connectivity index (χ2v) is 4.82. The number of aromatic nitrogens is 2. The monoisotopic (exact) mass is 244 g/mol. The second kappa shape index (κ2) is 5.78. The van der Waals surface area contributed by atoms with Gasteiger partial charge in [0.2, 0.25) is 5.95 Å². The molecule has 1 aromatic carbocycles. The SMILES string of the molecule is CC(C)C(CCN)Nc1ncc2ccccc2n1. The van der Waals surface area contributed by atoms with E-state index in [1.807, 2.05) is 30.5 Å². The van der Waals surface area contributed by atoms with Crippen LogP contribution in [-0.2, 0) is 0 Å². The number of nitrogens with one attached hydrogen (secondary N) is 1. The lowest BCUT2D eigenvalue weighted by molar-refractivity contribution is 0.496. The molecule has 0 radical (unpaired) electrons. The fourth-order valence-corrected chi connectivity index (χ4v) is 1.96. The molecule has 4 nitrogen and oxygen atoms in total. The summed E-state index contributed by atoms with van der Waals surface area (Å²) >= 11 is 0. The lowest BCUT2D eigenvalue weighted by Gasteiger charge is -2.21. The molecule has 0 amide bonds. The van der Waals surface area contributed by atoms with Gasteiger partial charge in [-0.15, -0.1) is 0 Å². The first kappa shape index (κ1) is 12.8. The predicted molar refractivity (Wildman–Crippen MR) is 75.5 cm³/mol. The zero-order valence-corrected chi connectivity index (χ0v) is 10.9. The molecule has 1 aromatic heterocycles. The predicted octanol–water partition coefficient (Wildman–Crippen LogP) is 2.42. The summed E-state index contributed by atoms with van der Waals surface area (Å²) in [4.78, 5) is 8.86. The minimum atomic E-state index is 0.316. The van der Waals surface area contributed by atoms with Crippen molar-refractivity contribution in [2.24, 2.45) is 11.7 Å². The second-order valence-electron chi connectivity index (χ2n) is 4.82. The number of hydrogen-bond acceptors (Lipinski definition) is 4. The van der Waals surface area contributed by atoms with Crippen LogP contribution in [0, 0.1) is 5.92 Å². The van der Waals surface area contributed by atoms with Gasteiger partial charge in [-0.1, -0.05) is 32.0 Å². The van der Waals surface area contributed by atoms with E-state index in [2.05, 4.69) is 29.1 Å². The Balaban J connectivity index is 2.20. The zero-order valence-electron chi connectivity index (χ0n) is 10.9. The molecule has 0 aliphatic rings. The maximum Gasteiger partial charge on any atom is 0.223 e. The van der Waals surface area contributed by atoms with Crippen molar-refractivity contribution < 1.29 is 0 Å². The van der Waals surface area contributed by atoms with Gasteiger partial charge in [-0.05, 0) is 24.9 Å². The number of benzene rings is 1. The number of rotatable bonds is 5. The third-order valence-electron chi connectivity index (χ3n) is 3.09. The maximum absolute atomic E-state index is 5.63. The summed E-state index contributed by atoms with van der Waals surface area (Å²) in [5, 5.41) is 4.43. The molecule has 0 spiro atoms. The summed E-state index contributed by atoms with van der Waals surface area (Å²) < 4.78 is 0. The van der Waals surface area contributed by atoms with Crippen LogP contribution < -0.4 is 11.1 Å². The van der Waals surface area contributed by atoms with E-state index in [0.717, 1.165) is 17.3 Å². The lowest BCUT2D eigenvalue weighted by Crippen LogP contribution is -2.29. The number of para-hydroxylation sites is 1. The molecule has 18 heavy (non-hydrogen) atoms. The summed E-state index contributed by atoms with van der Waals surface area (Å²) in [7, 11) is 0. The van der Waals surface area contributed by atoms with Gasteiger partial charge in [0, 0.05) is 17.6 Å². The molecule has 96 valence electrons. The van der Waals surface area contributed by atoms with Gasteiger partial charge in [0.15, 0.2) is 0 Å². The van der Waals surface area contributed by atoms with Gasteiger partial charge >= 0.3 is 0 Å². The van der Waals surface area contributed by atoms with Gasteiger partial charge in [-0.2, -0.15) is 0 Å². The number of hydrogen-bond donors (Lipinski definition) is 2. The number of anilines is 1. The highest BCUT2D eigenvalue weighted by Gasteiger charge is 2.13. The molecule has 2 rings (SSSR count). The van der Waals surface area contributed by atoms with Gasteiger partial charge in [0.05, 0.1) is 5.52 Å². The number of nitrogens with two attached hydrogens (primary N) is 1. The summed E-state index contributed by atoms with van der Waals surface area (Å²) in [6.45, 7) is 5.02. The third-order valence-corrected chi connectivity index (χ3v) is 3.09. The van der Waals surface area contributed by atoms with E-state index in [0.29, 0.717) is 24.5 Å². The van der Waals surface area contributed by atoms with Gasteiger partial charge in [-0.25, -0.2) is 9.97 Å². The average Bonchev–Trinajstić information content (AvgIpc) is 2.38. The molecule has 0 bridgehead atoms. The van der Waals surface area contributed by atoms with Crippen LogP contribution in [0.4, 0.5) is 5.95 Å². The minimum absolute atomic E-state index is 0.316. The quantitative estimate of drug-likeness (QED) is 0.847. The summed E-state index contributed by atoms with van der Waals surface area (Å²) in [5.41, 5.74) is 6.59. The molecule has 1 atom stereocenters. The Morgan fingerprint density at radius 3 is 2.78 bits per heavy atom. The van der Waals surface area contributed by atoms with E-state index in [4.69, 9.17) is 5.73 Å². The number of fused-ring (bicyclic) bond motifs is 1. The van der Waals surface area contributed by atoms with Gasteiger partial charge in [-0.3, -0.25) is 0 Å². The van der Waals surface area contributed by atoms with Crippen LogP contribution >= 0.6 is 0 Å². The Hall–Kier alpha value is -1.68. The van der Waals surface area contributed by atoms with Crippen molar-refractivity contribution in [1.82, 2.24) is 9.97 Å². The van der Waals surface area contributed by atoms with Gasteiger partial charge < -0.3 is 11.1 Å². The van der Waals surface area contributed by atoms with Crippen LogP contribution in [0.5, 0.6) is 0 Å². The van der Waals surface area contributed by atoms with Crippen molar-refractivity contribution in [2.75, 3.05) is 11.9 Å². The Bertz CT molecular complexity index is 510. The molecule has 1 unspecified atom stereocenters. The molecule has 2 aromatic rings. The molecule has 3 N–H and O–H groups in total. The smallest absolute Gasteiger partial charge is 0.223 e. The van der Waals surface area contributed by atoms with E-state index < -0.39 is 0 Å². The Labute approximate surface area is 108 Å². The van der Waals surface area contributed by atoms with Crippen molar-refractivity contribution in [2.45, 2.75) is 26.3 Å². The van der Waals surface area contributed by atoms with Crippen molar-refractivity contribution in [3.63, 3.8) is 0 Å². The fourth-order valence-electron chi connectivity index (χ4n) is 1.96. The van der Waals surface area contributed by atoms with Crippen LogP contribution in [-0.4, -0.2) is 22.6 Å². The Morgan fingerprint density at radius 2 is 2.06 bits per heavy atom. The summed E-state index contributed by atoms with van der Waals surface area (Å²) in [5.74, 6) is 1.18. The molecule has 0 saturated heterocycles. The van der Waals surface area contributed by atoms with Crippen LogP contribution in [0.3, 0.4) is 0 Å². The van der Waals surface area contributed by atoms with Gasteiger partial charge in [0.25, 0.3) is 0 Å². The first-order chi connectivity index (χ1) is 8.70. The van der Waals surface area contributed by atoms with Crippen molar-refractivity contribution in [1.29, 1.82) is 0 Å². The molecule has 4 heteroatoms. The standard InChI is InChI=1S/C14H20N4/c1-10(2)12(7-8-15)17-14-16-9-11-5-3-4-6-13(11)18-14/h3-6,9-10,12H,7-8,15H2,1-2H3,(H,16,17,18). The van der Waals surface area contributed by atoms with Crippen LogP contribution in [0.1, 0.15) is 20.3 Å². The Morgan fingerprint density at radius 1 is 1.28 bits per heavy atom. The van der Waals surface area contributed by atoms with E-state index in [-0.39, 0.29) is 0 Å². The van der Waals surface area contributed by atoms with Crippen molar-refractivity contribution in [3.8, 4) is 0 Å². The third kappa shape index (κ3) is 2.96. The maximum atomic E-state index is 5.63. The zero-order chi connectivity index (χ0) is 13.0. The van der Waals surface area contributed by atoms with Crippen LogP contribution in [0.15, 0.2) is 30.5 Å². The average molecular weight is 244 g/mol. The molecule has 0 aliphatic heterocycles. The lowest BCUT2D eigenvalue weighted by atomic mass is 10.0. The minimum Gasteiger partial charge on any atom is -0.351 e. The molecule has 1 heterocycles. The van der Waals surface area contributed by atoms with E-state index >= 15 is 0 Å².